The number of hydrogen-bond donors (Lipinski definition) is 9. The van der Waals surface area contributed by atoms with E-state index in [1.165, 1.54) is 289 Å². The molecule has 2 fully saturated rings. The third-order valence-electron chi connectivity index (χ3n) is 19.7. The molecule has 0 bridgehead atoms. The molecule has 14 heteroatoms. The smallest absolute Gasteiger partial charge is 0.220 e. The van der Waals surface area contributed by atoms with E-state index >= 15 is 0 Å². The lowest BCUT2D eigenvalue weighted by molar-refractivity contribution is -0.359. The van der Waals surface area contributed by atoms with Gasteiger partial charge in [-0.15, -0.1) is 0 Å². The molecule has 2 saturated heterocycles. The van der Waals surface area contributed by atoms with Crippen molar-refractivity contribution >= 4 is 5.91 Å². The van der Waals surface area contributed by atoms with E-state index in [1.54, 1.807) is 6.08 Å². The van der Waals surface area contributed by atoms with Crippen LogP contribution >= 0.6 is 0 Å². The molecule has 558 valence electrons. The maximum absolute atomic E-state index is 13.4. The summed E-state index contributed by atoms with van der Waals surface area (Å²) in [5.41, 5.74) is 0. The van der Waals surface area contributed by atoms with E-state index in [1.807, 2.05) is 6.08 Å². The lowest BCUT2D eigenvalue weighted by Crippen LogP contribution is -2.65. The monoisotopic (exact) mass is 1350 g/mol. The topological polar surface area (TPSA) is 228 Å². The van der Waals surface area contributed by atoms with Crippen molar-refractivity contribution in [2.45, 2.75) is 441 Å². The summed E-state index contributed by atoms with van der Waals surface area (Å²) in [4.78, 5) is 13.4. The number of allylic oxidation sites excluding steroid dienone is 7. The van der Waals surface area contributed by atoms with E-state index < -0.39 is 86.8 Å². The van der Waals surface area contributed by atoms with Crippen LogP contribution in [0.4, 0.5) is 0 Å². The Kier molecular flexibility index (Phi) is 61.2. The number of nitrogens with one attached hydrogen (secondary N) is 1. The van der Waals surface area contributed by atoms with Crippen molar-refractivity contribution in [2.75, 3.05) is 19.8 Å². The van der Waals surface area contributed by atoms with Gasteiger partial charge in [-0.3, -0.25) is 4.79 Å². The zero-order valence-electron chi connectivity index (χ0n) is 61.2. The first kappa shape index (κ1) is 89.0. The fraction of sp³-hybridized carbons (Fsp3) is 0.889. The van der Waals surface area contributed by atoms with E-state index in [4.69, 9.17) is 18.9 Å². The minimum absolute atomic E-state index is 0.246. The summed E-state index contributed by atoms with van der Waals surface area (Å²) in [5.74, 6) is -0.246. The second-order valence-electron chi connectivity index (χ2n) is 28.5. The number of hydrogen-bond acceptors (Lipinski definition) is 13. The molecule has 2 aliphatic rings. The Morgan fingerprint density at radius 3 is 1.03 bits per heavy atom. The van der Waals surface area contributed by atoms with Gasteiger partial charge in [0, 0.05) is 6.42 Å². The van der Waals surface area contributed by atoms with Crippen LogP contribution in [0.15, 0.2) is 48.6 Å². The number of amides is 1. The van der Waals surface area contributed by atoms with Crippen molar-refractivity contribution < 1.29 is 64.6 Å². The van der Waals surface area contributed by atoms with E-state index in [9.17, 15) is 45.6 Å². The number of rotatable bonds is 68. The highest BCUT2D eigenvalue weighted by atomic mass is 16.7. The van der Waals surface area contributed by atoms with Gasteiger partial charge in [0.2, 0.25) is 5.91 Å². The van der Waals surface area contributed by atoms with Crippen LogP contribution < -0.4 is 5.32 Å². The fourth-order valence-electron chi connectivity index (χ4n) is 13.3. The van der Waals surface area contributed by atoms with Crippen molar-refractivity contribution in [1.82, 2.24) is 5.32 Å². The Labute approximate surface area is 582 Å². The van der Waals surface area contributed by atoms with Crippen molar-refractivity contribution in [3.05, 3.63) is 48.6 Å². The molecule has 2 aliphatic heterocycles. The zero-order chi connectivity index (χ0) is 68.7. The van der Waals surface area contributed by atoms with Gasteiger partial charge in [0.05, 0.1) is 32.0 Å². The lowest BCUT2D eigenvalue weighted by Gasteiger charge is -2.46. The number of unbranched alkanes of at least 4 members (excludes halogenated alkanes) is 49. The highest BCUT2D eigenvalue weighted by molar-refractivity contribution is 5.76. The van der Waals surface area contributed by atoms with Gasteiger partial charge in [-0.05, 0) is 70.6 Å². The molecular weight excluding hydrogens is 1190 g/mol. The zero-order valence-corrected chi connectivity index (χ0v) is 61.2. The van der Waals surface area contributed by atoms with E-state index in [0.717, 1.165) is 44.9 Å². The molecule has 0 aliphatic carbocycles. The van der Waals surface area contributed by atoms with Crippen LogP contribution in [-0.2, 0) is 23.7 Å². The number of carbonyl (C=O) groups excluding carboxylic acids is 1. The first-order valence-corrected chi connectivity index (χ1v) is 40.4. The van der Waals surface area contributed by atoms with Gasteiger partial charge in [0.1, 0.15) is 48.8 Å². The SMILES string of the molecule is CCCCCCCCCC/C=C\CCCCCCCCCCCCCCCCCCCCCCCC(=O)NC(COC1OC(CO)C(OC2OC(CO)C(O)C(O)C2O)C(O)C1O)C(O)/C=C/CC/C=C/CC/C=C/CCCCCCCCCCCCCCCCCCCC. The van der Waals surface area contributed by atoms with Gasteiger partial charge in [-0.1, -0.05) is 339 Å². The molecule has 12 unspecified atom stereocenters. The maximum atomic E-state index is 13.4. The van der Waals surface area contributed by atoms with Crippen molar-refractivity contribution in [1.29, 1.82) is 0 Å². The summed E-state index contributed by atoms with van der Waals surface area (Å²) in [5, 5.41) is 87.6. The van der Waals surface area contributed by atoms with Gasteiger partial charge in [-0.25, -0.2) is 0 Å². The summed E-state index contributed by atoms with van der Waals surface area (Å²) >= 11 is 0. The second kappa shape index (κ2) is 65.3. The van der Waals surface area contributed by atoms with Crippen LogP contribution in [-0.4, -0.2) is 140 Å². The van der Waals surface area contributed by atoms with Crippen LogP contribution in [0.1, 0.15) is 367 Å². The average molecular weight is 1350 g/mol. The number of aliphatic hydroxyl groups is 8. The molecule has 95 heavy (non-hydrogen) atoms. The Morgan fingerprint density at radius 1 is 0.368 bits per heavy atom. The molecule has 0 radical (unpaired) electrons. The third-order valence-corrected chi connectivity index (χ3v) is 19.7. The maximum Gasteiger partial charge on any atom is 0.220 e. The van der Waals surface area contributed by atoms with Gasteiger partial charge in [0.15, 0.2) is 12.6 Å². The molecule has 0 aromatic rings. The molecule has 9 N–H and O–H groups in total. The lowest BCUT2D eigenvalue weighted by atomic mass is 9.97. The summed E-state index contributed by atoms with van der Waals surface area (Å²) in [6.07, 6.45) is 70.6. The quantitative estimate of drug-likeness (QED) is 0.0204. The number of aliphatic hydroxyl groups excluding tert-OH is 8. The van der Waals surface area contributed by atoms with E-state index in [0.29, 0.717) is 12.8 Å². The summed E-state index contributed by atoms with van der Waals surface area (Å²) < 4.78 is 22.9. The minimum Gasteiger partial charge on any atom is -0.394 e. The summed E-state index contributed by atoms with van der Waals surface area (Å²) in [6, 6.07) is -0.939. The Morgan fingerprint density at radius 2 is 0.674 bits per heavy atom. The van der Waals surface area contributed by atoms with Crippen molar-refractivity contribution in [3.63, 3.8) is 0 Å². The van der Waals surface area contributed by atoms with Crippen molar-refractivity contribution in [2.24, 2.45) is 0 Å². The molecule has 0 aromatic heterocycles. The first-order valence-electron chi connectivity index (χ1n) is 40.4. The predicted octanol–water partition coefficient (Wildman–Crippen LogP) is 18.2. The largest absolute Gasteiger partial charge is 0.394 e. The van der Waals surface area contributed by atoms with Gasteiger partial charge in [0.25, 0.3) is 0 Å². The molecule has 0 aromatic carbocycles. The summed E-state index contributed by atoms with van der Waals surface area (Å²) in [6.45, 7) is 2.83. The summed E-state index contributed by atoms with van der Waals surface area (Å²) in [7, 11) is 0. The predicted molar refractivity (Wildman–Crippen MR) is 392 cm³/mol. The number of carbonyl (C=O) groups is 1. The van der Waals surface area contributed by atoms with Crippen LogP contribution in [0, 0.1) is 0 Å². The first-order chi connectivity index (χ1) is 46.6. The Bertz CT molecular complexity index is 1780. The van der Waals surface area contributed by atoms with E-state index in [2.05, 4.69) is 55.6 Å². The average Bonchev–Trinajstić information content (AvgIpc) is 0.801. The minimum atomic E-state index is -1.79. The molecule has 14 nitrogen and oxygen atoms in total. The Hall–Kier alpha value is -2.05. The van der Waals surface area contributed by atoms with Gasteiger partial charge < -0.3 is 65.1 Å². The molecule has 12 atom stereocenters. The molecule has 0 spiro atoms. The molecule has 2 rings (SSSR count). The normalized spacial score (nSPS) is 22.5. The third kappa shape index (κ3) is 48.4. The molecule has 0 saturated carbocycles. The van der Waals surface area contributed by atoms with Gasteiger partial charge >= 0.3 is 0 Å². The second-order valence-corrected chi connectivity index (χ2v) is 28.5. The van der Waals surface area contributed by atoms with Crippen molar-refractivity contribution in [3.8, 4) is 0 Å². The van der Waals surface area contributed by atoms with Crippen LogP contribution in [0.5, 0.6) is 0 Å². The van der Waals surface area contributed by atoms with Crippen LogP contribution in [0.2, 0.25) is 0 Å². The highest BCUT2D eigenvalue weighted by Crippen LogP contribution is 2.30. The Balaban J connectivity index is 1.63. The molecular formula is C81H151NO13. The van der Waals surface area contributed by atoms with Crippen LogP contribution in [0.25, 0.3) is 0 Å². The van der Waals surface area contributed by atoms with Gasteiger partial charge in [-0.2, -0.15) is 0 Å². The van der Waals surface area contributed by atoms with E-state index in [-0.39, 0.29) is 18.9 Å². The standard InChI is InChI=1S/C81H151NO13/c1-3-5-7-9-11-13-15-17-19-21-23-25-27-29-31-33-34-35-36-37-39-41-43-45-47-49-51-53-55-57-59-61-63-65-73(86)82-69(68-92-80-78(91)76(89)79(72(67-84)94-80)95-81-77(90)75(88)74(87)71(66-83)93-81)70(85)64-62-60-58-56-54-52-50-48-46-44-42-40-38-32-30-28-26-24-22-20-18-16-14-12-10-8-6-4-2/h21,23,46,48,54,56,62,64,69-72,74-81,83-85,87-91H,3-20,22,24-45,47,49-53,55,57-61,63,65-68H2,1-2H3,(H,82,86)/b23-21-,48-46+,56-54+,64-62+. The van der Waals surface area contributed by atoms with Crippen LogP contribution in [0.3, 0.4) is 0 Å². The molecule has 2 heterocycles. The number of ether oxygens (including phenoxy) is 4. The highest BCUT2D eigenvalue weighted by Gasteiger charge is 2.51. The fourth-order valence-corrected chi connectivity index (χ4v) is 13.3. The molecule has 1 amide bonds.